The average Bonchev–Trinajstić information content (AvgIpc) is 2.80. The minimum Gasteiger partial charge on any atom is -0.294 e. The van der Waals surface area contributed by atoms with Crippen molar-refractivity contribution in [2.75, 3.05) is 0 Å². The second kappa shape index (κ2) is 5.69. The van der Waals surface area contributed by atoms with Crippen LogP contribution in [0.3, 0.4) is 0 Å². The summed E-state index contributed by atoms with van der Waals surface area (Å²) < 4.78 is 28.1. The van der Waals surface area contributed by atoms with Crippen LogP contribution in [0.15, 0.2) is 24.5 Å². The highest BCUT2D eigenvalue weighted by atomic mass is 19.2. The van der Waals surface area contributed by atoms with Gasteiger partial charge in [-0.15, -0.1) is 0 Å². The normalized spacial score (nSPS) is 10.7. The number of aromatic nitrogens is 3. The van der Waals surface area contributed by atoms with Gasteiger partial charge in [0.25, 0.3) is 0 Å². The summed E-state index contributed by atoms with van der Waals surface area (Å²) in [5.41, 5.74) is -0.258. The van der Waals surface area contributed by atoms with Crippen molar-refractivity contribution in [3.8, 4) is 0 Å². The molecule has 0 fully saturated rings. The SMILES string of the molecule is CCCn1ncnc1CC(=O)c1cccc(F)c1F. The fraction of sp³-hybridized carbons (Fsp3) is 0.308. The molecule has 0 saturated carbocycles. The van der Waals surface area contributed by atoms with E-state index in [4.69, 9.17) is 0 Å². The van der Waals surface area contributed by atoms with Crippen LogP contribution in [-0.4, -0.2) is 20.5 Å². The lowest BCUT2D eigenvalue weighted by Gasteiger charge is -2.05. The molecule has 2 rings (SSSR count). The zero-order chi connectivity index (χ0) is 13.8. The molecule has 0 saturated heterocycles. The largest absolute Gasteiger partial charge is 0.294 e. The first-order valence-corrected chi connectivity index (χ1v) is 5.97. The molecule has 1 aromatic carbocycles. The molecule has 0 bridgehead atoms. The third-order valence-electron chi connectivity index (χ3n) is 2.70. The minimum atomic E-state index is -1.12. The van der Waals surface area contributed by atoms with Crippen molar-refractivity contribution < 1.29 is 13.6 Å². The summed E-state index contributed by atoms with van der Waals surface area (Å²) in [7, 11) is 0. The molecule has 0 atom stereocenters. The van der Waals surface area contributed by atoms with Gasteiger partial charge in [0.15, 0.2) is 17.4 Å². The van der Waals surface area contributed by atoms with Gasteiger partial charge < -0.3 is 0 Å². The van der Waals surface area contributed by atoms with E-state index in [1.54, 1.807) is 4.68 Å². The van der Waals surface area contributed by atoms with Gasteiger partial charge in [0.2, 0.25) is 0 Å². The van der Waals surface area contributed by atoms with Crippen LogP contribution in [0.1, 0.15) is 29.5 Å². The van der Waals surface area contributed by atoms with E-state index in [0.29, 0.717) is 12.4 Å². The smallest absolute Gasteiger partial charge is 0.173 e. The van der Waals surface area contributed by atoms with E-state index >= 15 is 0 Å². The standard InChI is InChI=1S/C13H13F2N3O/c1-2-6-18-12(16-8-17-18)7-11(19)9-4-3-5-10(14)13(9)15/h3-5,8H,2,6-7H2,1H3. The van der Waals surface area contributed by atoms with E-state index in [-0.39, 0.29) is 12.0 Å². The Labute approximate surface area is 109 Å². The molecule has 0 aliphatic heterocycles. The van der Waals surface area contributed by atoms with Crippen molar-refractivity contribution in [3.63, 3.8) is 0 Å². The molecule has 100 valence electrons. The number of rotatable bonds is 5. The Morgan fingerprint density at radius 3 is 2.89 bits per heavy atom. The lowest BCUT2D eigenvalue weighted by atomic mass is 10.1. The van der Waals surface area contributed by atoms with Gasteiger partial charge in [-0.05, 0) is 18.6 Å². The van der Waals surface area contributed by atoms with E-state index in [9.17, 15) is 13.6 Å². The van der Waals surface area contributed by atoms with Gasteiger partial charge in [-0.1, -0.05) is 13.0 Å². The molecule has 0 spiro atoms. The molecule has 1 heterocycles. The number of hydrogen-bond acceptors (Lipinski definition) is 3. The quantitative estimate of drug-likeness (QED) is 0.780. The lowest BCUT2D eigenvalue weighted by molar-refractivity contribution is 0.0984. The lowest BCUT2D eigenvalue weighted by Crippen LogP contribution is -2.13. The van der Waals surface area contributed by atoms with Gasteiger partial charge in [-0.3, -0.25) is 4.79 Å². The van der Waals surface area contributed by atoms with Crippen LogP contribution in [0.25, 0.3) is 0 Å². The van der Waals surface area contributed by atoms with Crippen LogP contribution in [0, 0.1) is 11.6 Å². The van der Waals surface area contributed by atoms with Gasteiger partial charge in [0.05, 0.1) is 12.0 Å². The Morgan fingerprint density at radius 1 is 1.37 bits per heavy atom. The van der Waals surface area contributed by atoms with Gasteiger partial charge >= 0.3 is 0 Å². The second-order valence-electron chi connectivity index (χ2n) is 4.10. The van der Waals surface area contributed by atoms with E-state index in [2.05, 4.69) is 10.1 Å². The first kappa shape index (κ1) is 13.3. The first-order valence-electron chi connectivity index (χ1n) is 5.97. The zero-order valence-electron chi connectivity index (χ0n) is 10.4. The van der Waals surface area contributed by atoms with Crippen LogP contribution in [-0.2, 0) is 13.0 Å². The third kappa shape index (κ3) is 2.83. The van der Waals surface area contributed by atoms with E-state index < -0.39 is 17.4 Å². The summed E-state index contributed by atoms with van der Waals surface area (Å²) in [6.07, 6.45) is 2.10. The molecule has 0 unspecified atom stereocenters. The van der Waals surface area contributed by atoms with Gasteiger partial charge in [-0.25, -0.2) is 18.4 Å². The number of ketones is 1. The highest BCUT2D eigenvalue weighted by Gasteiger charge is 2.17. The summed E-state index contributed by atoms with van der Waals surface area (Å²) in [4.78, 5) is 15.9. The Morgan fingerprint density at radius 2 is 2.16 bits per heavy atom. The molecule has 1 aromatic heterocycles. The number of Topliss-reactive ketones (excluding diaryl/α,β-unsaturated/α-hetero) is 1. The van der Waals surface area contributed by atoms with Gasteiger partial charge in [0.1, 0.15) is 12.2 Å². The number of benzene rings is 1. The summed E-state index contributed by atoms with van der Waals surface area (Å²) in [6.45, 7) is 2.60. The Balaban J connectivity index is 2.21. The predicted molar refractivity (Wildman–Crippen MR) is 64.7 cm³/mol. The number of nitrogens with zero attached hydrogens (tertiary/aromatic N) is 3. The second-order valence-corrected chi connectivity index (χ2v) is 4.10. The average molecular weight is 265 g/mol. The molecule has 2 aromatic rings. The van der Waals surface area contributed by atoms with E-state index in [0.717, 1.165) is 12.5 Å². The molecule has 0 radical (unpaired) electrons. The molecule has 0 aliphatic rings. The van der Waals surface area contributed by atoms with Crippen molar-refractivity contribution in [2.45, 2.75) is 26.3 Å². The number of hydrogen-bond donors (Lipinski definition) is 0. The van der Waals surface area contributed by atoms with Crippen molar-refractivity contribution >= 4 is 5.78 Å². The van der Waals surface area contributed by atoms with E-state index in [1.165, 1.54) is 18.5 Å². The van der Waals surface area contributed by atoms with Crippen LogP contribution in [0.5, 0.6) is 0 Å². The van der Waals surface area contributed by atoms with Gasteiger partial charge in [0, 0.05) is 6.54 Å². The summed E-state index contributed by atoms with van der Waals surface area (Å²) in [5, 5.41) is 3.98. The highest BCUT2D eigenvalue weighted by molar-refractivity contribution is 5.97. The fourth-order valence-corrected chi connectivity index (χ4v) is 1.78. The Kier molecular flexibility index (Phi) is 3.99. The predicted octanol–water partition coefficient (Wildman–Crippen LogP) is 2.39. The van der Waals surface area contributed by atoms with Crippen molar-refractivity contribution in [1.29, 1.82) is 0 Å². The topological polar surface area (TPSA) is 47.8 Å². The van der Waals surface area contributed by atoms with Crippen LogP contribution < -0.4 is 0 Å². The number of carbonyl (C=O) groups is 1. The molecule has 0 amide bonds. The van der Waals surface area contributed by atoms with Gasteiger partial charge in [-0.2, -0.15) is 5.10 Å². The van der Waals surface area contributed by atoms with E-state index in [1.807, 2.05) is 6.92 Å². The Hall–Kier alpha value is -2.11. The maximum atomic E-state index is 13.5. The number of carbonyl (C=O) groups excluding carboxylic acids is 1. The van der Waals surface area contributed by atoms with Crippen molar-refractivity contribution in [2.24, 2.45) is 0 Å². The summed E-state index contributed by atoms with van der Waals surface area (Å²) >= 11 is 0. The number of halogens is 2. The molecule has 6 heteroatoms. The monoisotopic (exact) mass is 265 g/mol. The van der Waals surface area contributed by atoms with Crippen LogP contribution in [0.4, 0.5) is 8.78 Å². The third-order valence-corrected chi connectivity index (χ3v) is 2.70. The first-order chi connectivity index (χ1) is 9.13. The molecule has 0 aliphatic carbocycles. The molecule has 19 heavy (non-hydrogen) atoms. The summed E-state index contributed by atoms with van der Waals surface area (Å²) in [6, 6.07) is 3.55. The molecule has 0 N–H and O–H groups in total. The summed E-state index contributed by atoms with van der Waals surface area (Å²) in [5.74, 6) is -2.20. The maximum absolute atomic E-state index is 13.5. The van der Waals surface area contributed by atoms with Crippen LogP contribution >= 0.6 is 0 Å². The zero-order valence-corrected chi connectivity index (χ0v) is 10.4. The minimum absolute atomic E-state index is 0.0969. The molecular weight excluding hydrogens is 252 g/mol. The van der Waals surface area contributed by atoms with Crippen molar-refractivity contribution in [1.82, 2.24) is 14.8 Å². The molecule has 4 nitrogen and oxygen atoms in total. The number of aryl methyl sites for hydroxylation is 1. The highest BCUT2D eigenvalue weighted by Crippen LogP contribution is 2.13. The van der Waals surface area contributed by atoms with Crippen molar-refractivity contribution in [3.05, 3.63) is 47.5 Å². The molecular formula is C13H13F2N3O. The maximum Gasteiger partial charge on any atom is 0.173 e. The van der Waals surface area contributed by atoms with Crippen LogP contribution in [0.2, 0.25) is 0 Å². The Bertz CT molecular complexity index is 595. The fourth-order valence-electron chi connectivity index (χ4n) is 1.78.